The van der Waals surface area contributed by atoms with Crippen LogP contribution in [-0.4, -0.2) is 23.3 Å². The first-order chi connectivity index (χ1) is 15.1. The minimum Gasteiger partial charge on any atom is -0.355 e. The monoisotopic (exact) mass is 429 g/mol. The summed E-state index contributed by atoms with van der Waals surface area (Å²) in [7, 11) is 0. The van der Waals surface area contributed by atoms with Crippen molar-refractivity contribution >= 4 is 39.1 Å². The molecule has 0 spiro atoms. The normalized spacial score (nSPS) is 10.7. The van der Waals surface area contributed by atoms with Gasteiger partial charge in [0.25, 0.3) is 0 Å². The zero-order valence-corrected chi connectivity index (χ0v) is 18.0. The van der Waals surface area contributed by atoms with E-state index in [1.165, 1.54) is 10.3 Å². The summed E-state index contributed by atoms with van der Waals surface area (Å²) in [6, 6.07) is 23.4. The van der Waals surface area contributed by atoms with E-state index in [0.717, 1.165) is 27.3 Å². The molecule has 2 amide bonds. The van der Waals surface area contributed by atoms with Crippen molar-refractivity contribution in [1.29, 1.82) is 0 Å². The number of hydrogen-bond donors (Lipinski definition) is 2. The zero-order chi connectivity index (χ0) is 21.6. The first kappa shape index (κ1) is 20.8. The van der Waals surface area contributed by atoms with Gasteiger partial charge >= 0.3 is 0 Å². The van der Waals surface area contributed by atoms with Gasteiger partial charge in [0.15, 0.2) is 0 Å². The van der Waals surface area contributed by atoms with E-state index in [0.29, 0.717) is 13.0 Å². The Labute approximate surface area is 185 Å². The number of nitrogens with zero attached hydrogens (tertiary/aromatic N) is 1. The lowest BCUT2D eigenvalue weighted by Gasteiger charge is -2.07. The van der Waals surface area contributed by atoms with Crippen LogP contribution in [0.4, 0.5) is 5.69 Å². The van der Waals surface area contributed by atoms with Crippen LogP contribution in [0, 0.1) is 6.92 Å². The fourth-order valence-corrected chi connectivity index (χ4v) is 4.30. The fraction of sp³-hybridized carbons (Fsp3) is 0.160. The quantitative estimate of drug-likeness (QED) is 0.436. The molecule has 1 aromatic heterocycles. The average molecular weight is 430 g/mol. The van der Waals surface area contributed by atoms with Crippen molar-refractivity contribution in [1.82, 2.24) is 10.3 Å². The van der Waals surface area contributed by atoms with Gasteiger partial charge < -0.3 is 10.6 Å². The molecule has 5 nitrogen and oxygen atoms in total. The molecule has 0 aliphatic rings. The number of carbonyl (C=O) groups excluding carboxylic acids is 2. The van der Waals surface area contributed by atoms with Crippen LogP contribution in [-0.2, 0) is 16.0 Å². The highest BCUT2D eigenvalue weighted by Gasteiger charge is 2.08. The Balaban J connectivity index is 1.27. The van der Waals surface area contributed by atoms with E-state index in [1.54, 1.807) is 11.3 Å². The number of aromatic nitrogens is 1. The minimum absolute atomic E-state index is 0.0885. The second kappa shape index (κ2) is 9.53. The van der Waals surface area contributed by atoms with E-state index in [1.807, 2.05) is 60.7 Å². The van der Waals surface area contributed by atoms with Crippen LogP contribution in [0.5, 0.6) is 0 Å². The van der Waals surface area contributed by atoms with Crippen molar-refractivity contribution in [2.45, 2.75) is 19.8 Å². The van der Waals surface area contributed by atoms with Gasteiger partial charge in [0.2, 0.25) is 11.8 Å². The lowest BCUT2D eigenvalue weighted by atomic mass is 10.1. The van der Waals surface area contributed by atoms with Gasteiger partial charge in [-0.05, 0) is 54.4 Å². The second-order valence-corrected chi connectivity index (χ2v) is 8.41. The summed E-state index contributed by atoms with van der Waals surface area (Å²) in [6.45, 7) is 2.38. The number of rotatable bonds is 7. The predicted molar refractivity (Wildman–Crippen MR) is 126 cm³/mol. The van der Waals surface area contributed by atoms with E-state index in [9.17, 15) is 9.59 Å². The van der Waals surface area contributed by atoms with Crippen LogP contribution in [0.1, 0.15) is 17.5 Å². The Morgan fingerprint density at radius 1 is 0.935 bits per heavy atom. The number of amides is 2. The molecule has 4 rings (SSSR count). The van der Waals surface area contributed by atoms with E-state index in [-0.39, 0.29) is 18.2 Å². The number of carbonyl (C=O) groups is 2. The summed E-state index contributed by atoms with van der Waals surface area (Å²) in [6.07, 6.45) is 0.536. The highest BCUT2D eigenvalue weighted by molar-refractivity contribution is 7.21. The van der Waals surface area contributed by atoms with Gasteiger partial charge in [0.05, 0.1) is 16.6 Å². The molecule has 0 radical (unpaired) electrons. The summed E-state index contributed by atoms with van der Waals surface area (Å²) < 4.78 is 1.17. The number of anilines is 1. The molecule has 3 aromatic carbocycles. The molecule has 0 aliphatic heterocycles. The maximum Gasteiger partial charge on any atom is 0.226 e. The maximum absolute atomic E-state index is 12.2. The van der Waals surface area contributed by atoms with Crippen molar-refractivity contribution in [3.8, 4) is 10.6 Å². The Morgan fingerprint density at radius 3 is 2.48 bits per heavy atom. The molecule has 6 heteroatoms. The molecule has 0 fully saturated rings. The fourth-order valence-electron chi connectivity index (χ4n) is 3.23. The number of thiazole rings is 1. The number of benzene rings is 3. The Kier molecular flexibility index (Phi) is 6.38. The largest absolute Gasteiger partial charge is 0.355 e. The molecular weight excluding hydrogens is 406 g/mol. The van der Waals surface area contributed by atoms with Crippen LogP contribution < -0.4 is 10.6 Å². The summed E-state index contributed by atoms with van der Waals surface area (Å²) in [5.41, 5.74) is 4.91. The number of hydrogen-bond acceptors (Lipinski definition) is 4. The van der Waals surface area contributed by atoms with Gasteiger partial charge in [-0.3, -0.25) is 9.59 Å². The molecule has 0 saturated carbocycles. The zero-order valence-electron chi connectivity index (χ0n) is 17.2. The van der Waals surface area contributed by atoms with E-state index < -0.39 is 0 Å². The van der Waals surface area contributed by atoms with Crippen LogP contribution in [0.3, 0.4) is 0 Å². The minimum atomic E-state index is -0.136. The standard InChI is InChI=1S/C25H23N3O2S/c1-17-7-12-21-22(15-17)31-25(28-21)19-8-10-20(11-9-19)27-23(29)13-14-26-24(30)16-18-5-3-2-4-6-18/h2-12,15H,13-14,16H2,1H3,(H,26,30)(H,27,29). The lowest BCUT2D eigenvalue weighted by molar-refractivity contribution is -0.120. The first-order valence-corrected chi connectivity index (χ1v) is 11.0. The first-order valence-electron chi connectivity index (χ1n) is 10.1. The number of fused-ring (bicyclic) bond motifs is 1. The molecule has 0 atom stereocenters. The summed E-state index contributed by atoms with van der Waals surface area (Å²) >= 11 is 1.66. The van der Waals surface area contributed by atoms with Crippen molar-refractivity contribution in [3.63, 3.8) is 0 Å². The van der Waals surface area contributed by atoms with Crippen molar-refractivity contribution < 1.29 is 9.59 Å². The van der Waals surface area contributed by atoms with E-state index in [2.05, 4.69) is 29.7 Å². The molecule has 0 unspecified atom stereocenters. The van der Waals surface area contributed by atoms with Gasteiger partial charge in [0, 0.05) is 24.2 Å². The Morgan fingerprint density at radius 2 is 1.71 bits per heavy atom. The molecule has 2 N–H and O–H groups in total. The number of nitrogens with one attached hydrogen (secondary N) is 2. The topological polar surface area (TPSA) is 71.1 Å². The average Bonchev–Trinajstić information content (AvgIpc) is 3.18. The van der Waals surface area contributed by atoms with E-state index in [4.69, 9.17) is 4.98 Å². The Hall–Kier alpha value is -3.51. The molecule has 0 saturated heterocycles. The van der Waals surface area contributed by atoms with Crippen molar-refractivity contribution in [2.24, 2.45) is 0 Å². The Bertz CT molecular complexity index is 1200. The van der Waals surface area contributed by atoms with Crippen LogP contribution >= 0.6 is 11.3 Å². The van der Waals surface area contributed by atoms with Gasteiger partial charge in [0.1, 0.15) is 5.01 Å². The van der Waals surface area contributed by atoms with Gasteiger partial charge in [-0.15, -0.1) is 11.3 Å². The van der Waals surface area contributed by atoms with Gasteiger partial charge in [-0.25, -0.2) is 4.98 Å². The number of aryl methyl sites for hydroxylation is 1. The molecule has 31 heavy (non-hydrogen) atoms. The van der Waals surface area contributed by atoms with Gasteiger partial charge in [-0.1, -0.05) is 36.4 Å². The molecule has 0 bridgehead atoms. The van der Waals surface area contributed by atoms with Gasteiger partial charge in [-0.2, -0.15) is 0 Å². The van der Waals surface area contributed by atoms with E-state index >= 15 is 0 Å². The van der Waals surface area contributed by atoms with Crippen molar-refractivity contribution in [3.05, 3.63) is 83.9 Å². The third-order valence-electron chi connectivity index (χ3n) is 4.84. The SMILES string of the molecule is Cc1ccc2nc(-c3ccc(NC(=O)CCNC(=O)Cc4ccccc4)cc3)sc2c1. The molecule has 1 heterocycles. The summed E-state index contributed by atoms with van der Waals surface area (Å²) in [4.78, 5) is 28.8. The second-order valence-electron chi connectivity index (χ2n) is 7.38. The summed E-state index contributed by atoms with van der Waals surface area (Å²) in [5, 5.41) is 6.62. The summed E-state index contributed by atoms with van der Waals surface area (Å²) in [5.74, 6) is -0.224. The highest BCUT2D eigenvalue weighted by Crippen LogP contribution is 2.31. The smallest absolute Gasteiger partial charge is 0.226 e. The maximum atomic E-state index is 12.2. The molecule has 4 aromatic rings. The van der Waals surface area contributed by atoms with Crippen LogP contribution in [0.25, 0.3) is 20.8 Å². The molecular formula is C25H23N3O2S. The molecule has 0 aliphatic carbocycles. The van der Waals surface area contributed by atoms with Crippen LogP contribution in [0.15, 0.2) is 72.8 Å². The third-order valence-corrected chi connectivity index (χ3v) is 5.91. The van der Waals surface area contributed by atoms with Crippen molar-refractivity contribution in [2.75, 3.05) is 11.9 Å². The highest BCUT2D eigenvalue weighted by atomic mass is 32.1. The molecule has 156 valence electrons. The third kappa shape index (κ3) is 5.55. The predicted octanol–water partition coefficient (Wildman–Crippen LogP) is 4.96. The lowest BCUT2D eigenvalue weighted by Crippen LogP contribution is -2.28. The van der Waals surface area contributed by atoms with Crippen LogP contribution in [0.2, 0.25) is 0 Å².